The van der Waals surface area contributed by atoms with Crippen molar-refractivity contribution in [2.75, 3.05) is 0 Å². The molecule has 4 heteroatoms. The van der Waals surface area contributed by atoms with Gasteiger partial charge >= 0.3 is 0 Å². The van der Waals surface area contributed by atoms with E-state index in [0.717, 1.165) is 0 Å². The maximum atomic E-state index is 8.58. The molecule has 0 atom stereocenters. The largest absolute Gasteiger partial charge is 0.440 e. The first-order chi connectivity index (χ1) is 7.31. The van der Waals surface area contributed by atoms with Crippen molar-refractivity contribution < 1.29 is 4.42 Å². The number of hydrogen-bond donors (Lipinski definition) is 0. The van der Waals surface area contributed by atoms with Gasteiger partial charge in [0, 0.05) is 6.20 Å². The van der Waals surface area contributed by atoms with Crippen molar-refractivity contribution in [3.05, 3.63) is 35.9 Å². The number of aromatic nitrogens is 2. The van der Waals surface area contributed by atoms with Gasteiger partial charge in [0.25, 0.3) is 0 Å². The minimum atomic E-state index is 0.266. The van der Waals surface area contributed by atoms with Gasteiger partial charge in [-0.15, -0.1) is 0 Å². The second-order valence-corrected chi connectivity index (χ2v) is 3.07. The van der Waals surface area contributed by atoms with Gasteiger partial charge in [0.15, 0.2) is 0 Å². The van der Waals surface area contributed by atoms with Gasteiger partial charge < -0.3 is 4.42 Å². The fraction of sp³-hybridized carbons (Fsp3) is 0.182. The highest BCUT2D eigenvalue weighted by Crippen LogP contribution is 2.19. The zero-order valence-corrected chi connectivity index (χ0v) is 8.27. The van der Waals surface area contributed by atoms with E-state index in [1.807, 2.05) is 24.3 Å². The van der Waals surface area contributed by atoms with Crippen LogP contribution in [0.3, 0.4) is 0 Å². The number of oxazole rings is 1. The Morgan fingerprint density at radius 3 is 3.00 bits per heavy atom. The molecule has 0 amide bonds. The van der Waals surface area contributed by atoms with Gasteiger partial charge in [0.2, 0.25) is 5.89 Å². The highest BCUT2D eigenvalue weighted by atomic mass is 16.4. The fourth-order valence-electron chi connectivity index (χ4n) is 1.27. The van der Waals surface area contributed by atoms with E-state index in [1.54, 1.807) is 13.1 Å². The SMILES string of the molecule is Cc1oc(-c2ccccn2)nc1CC#N. The van der Waals surface area contributed by atoms with Gasteiger partial charge in [-0.1, -0.05) is 6.07 Å². The minimum Gasteiger partial charge on any atom is -0.440 e. The van der Waals surface area contributed by atoms with E-state index in [2.05, 4.69) is 9.97 Å². The molecule has 0 aliphatic heterocycles. The Bertz CT molecular complexity index is 496. The lowest BCUT2D eigenvalue weighted by Gasteiger charge is -1.90. The molecule has 0 bridgehead atoms. The molecular weight excluding hydrogens is 190 g/mol. The summed E-state index contributed by atoms with van der Waals surface area (Å²) in [6.07, 6.45) is 1.95. The number of rotatable bonds is 2. The summed E-state index contributed by atoms with van der Waals surface area (Å²) in [5, 5.41) is 8.58. The predicted octanol–water partition coefficient (Wildman–Crippen LogP) is 2.11. The van der Waals surface area contributed by atoms with E-state index >= 15 is 0 Å². The molecule has 2 rings (SSSR count). The van der Waals surface area contributed by atoms with Crippen LogP contribution < -0.4 is 0 Å². The molecule has 2 heterocycles. The first-order valence-corrected chi connectivity index (χ1v) is 4.56. The number of aryl methyl sites for hydroxylation is 1. The van der Waals surface area contributed by atoms with Crippen LogP contribution in [-0.2, 0) is 6.42 Å². The molecule has 0 saturated heterocycles. The highest BCUT2D eigenvalue weighted by Gasteiger charge is 2.11. The van der Waals surface area contributed by atoms with E-state index in [9.17, 15) is 0 Å². The zero-order chi connectivity index (χ0) is 10.7. The molecule has 4 nitrogen and oxygen atoms in total. The first-order valence-electron chi connectivity index (χ1n) is 4.56. The maximum absolute atomic E-state index is 8.58. The molecule has 15 heavy (non-hydrogen) atoms. The number of hydrogen-bond acceptors (Lipinski definition) is 4. The molecule has 2 aromatic rings. The second-order valence-electron chi connectivity index (χ2n) is 3.07. The van der Waals surface area contributed by atoms with Crippen LogP contribution in [0.2, 0.25) is 0 Å². The summed E-state index contributed by atoms with van der Waals surface area (Å²) < 4.78 is 5.43. The number of pyridine rings is 1. The lowest BCUT2D eigenvalue weighted by Crippen LogP contribution is -1.85. The Morgan fingerprint density at radius 1 is 1.47 bits per heavy atom. The Labute approximate surface area is 87.2 Å². The van der Waals surface area contributed by atoms with E-state index in [1.165, 1.54) is 0 Å². The summed E-state index contributed by atoms with van der Waals surface area (Å²) in [5.41, 5.74) is 1.36. The van der Waals surface area contributed by atoms with E-state index in [-0.39, 0.29) is 6.42 Å². The molecule has 0 spiro atoms. The van der Waals surface area contributed by atoms with Crippen molar-refractivity contribution in [3.8, 4) is 17.7 Å². The van der Waals surface area contributed by atoms with Crippen LogP contribution in [0.15, 0.2) is 28.8 Å². The summed E-state index contributed by atoms with van der Waals surface area (Å²) in [6, 6.07) is 7.56. The maximum Gasteiger partial charge on any atom is 0.245 e. The monoisotopic (exact) mass is 199 g/mol. The first kappa shape index (κ1) is 9.41. The molecule has 0 radical (unpaired) electrons. The van der Waals surface area contributed by atoms with Gasteiger partial charge in [-0.05, 0) is 19.1 Å². The molecular formula is C11H9N3O. The molecule has 0 aliphatic carbocycles. The predicted molar refractivity (Wildman–Crippen MR) is 53.8 cm³/mol. The van der Waals surface area contributed by atoms with Crippen molar-refractivity contribution in [1.82, 2.24) is 9.97 Å². The quantitative estimate of drug-likeness (QED) is 0.743. The van der Waals surface area contributed by atoms with Crippen LogP contribution in [0, 0.1) is 18.3 Å². The average Bonchev–Trinajstić information content (AvgIpc) is 2.63. The molecule has 0 N–H and O–H groups in total. The van der Waals surface area contributed by atoms with E-state index < -0.39 is 0 Å². The van der Waals surface area contributed by atoms with E-state index in [0.29, 0.717) is 23.0 Å². The van der Waals surface area contributed by atoms with Crippen molar-refractivity contribution in [3.63, 3.8) is 0 Å². The van der Waals surface area contributed by atoms with Crippen LogP contribution in [-0.4, -0.2) is 9.97 Å². The van der Waals surface area contributed by atoms with Gasteiger partial charge in [0.05, 0.1) is 18.2 Å². The average molecular weight is 199 g/mol. The van der Waals surface area contributed by atoms with Crippen LogP contribution in [0.4, 0.5) is 0 Å². The smallest absolute Gasteiger partial charge is 0.245 e. The normalized spacial score (nSPS) is 9.87. The molecule has 0 aliphatic rings. The van der Waals surface area contributed by atoms with Gasteiger partial charge in [-0.2, -0.15) is 5.26 Å². The molecule has 2 aromatic heterocycles. The Kier molecular flexibility index (Phi) is 2.46. The lowest BCUT2D eigenvalue weighted by molar-refractivity contribution is 0.538. The molecule has 0 fully saturated rings. The van der Waals surface area contributed by atoms with Gasteiger partial charge in [-0.25, -0.2) is 4.98 Å². The summed E-state index contributed by atoms with van der Waals surface area (Å²) in [6.45, 7) is 1.80. The van der Waals surface area contributed by atoms with Gasteiger partial charge in [0.1, 0.15) is 11.5 Å². The summed E-state index contributed by atoms with van der Waals surface area (Å²) in [4.78, 5) is 8.34. The Hall–Kier alpha value is -2.15. The van der Waals surface area contributed by atoms with Crippen molar-refractivity contribution >= 4 is 0 Å². The van der Waals surface area contributed by atoms with Crippen LogP contribution in [0.25, 0.3) is 11.6 Å². The van der Waals surface area contributed by atoms with Crippen molar-refractivity contribution in [2.45, 2.75) is 13.3 Å². The number of nitriles is 1. The molecule has 0 aromatic carbocycles. The Morgan fingerprint density at radius 2 is 2.33 bits per heavy atom. The second kappa shape index (κ2) is 3.93. The third-order valence-electron chi connectivity index (χ3n) is 2.02. The summed E-state index contributed by atoms with van der Waals surface area (Å²) in [7, 11) is 0. The summed E-state index contributed by atoms with van der Waals surface area (Å²) >= 11 is 0. The van der Waals surface area contributed by atoms with Crippen molar-refractivity contribution in [2.24, 2.45) is 0 Å². The zero-order valence-electron chi connectivity index (χ0n) is 8.27. The third kappa shape index (κ3) is 1.86. The standard InChI is InChI=1S/C11H9N3O/c1-8-9(5-6-12)14-11(15-8)10-4-2-3-7-13-10/h2-4,7H,5H2,1H3. The molecule has 0 saturated carbocycles. The minimum absolute atomic E-state index is 0.266. The van der Waals surface area contributed by atoms with Crippen LogP contribution in [0.1, 0.15) is 11.5 Å². The van der Waals surface area contributed by atoms with Gasteiger partial charge in [-0.3, -0.25) is 4.98 Å². The highest BCUT2D eigenvalue weighted by molar-refractivity contribution is 5.47. The van der Waals surface area contributed by atoms with E-state index in [4.69, 9.17) is 9.68 Å². The third-order valence-corrected chi connectivity index (χ3v) is 2.02. The Balaban J connectivity index is 2.40. The van der Waals surface area contributed by atoms with Crippen molar-refractivity contribution in [1.29, 1.82) is 5.26 Å². The van der Waals surface area contributed by atoms with Crippen LogP contribution in [0.5, 0.6) is 0 Å². The topological polar surface area (TPSA) is 62.7 Å². The fourth-order valence-corrected chi connectivity index (χ4v) is 1.27. The molecule has 74 valence electrons. The lowest BCUT2D eigenvalue weighted by atomic mass is 10.3. The van der Waals surface area contributed by atoms with Crippen LogP contribution >= 0.6 is 0 Å². The molecule has 0 unspecified atom stereocenters. The summed E-state index contributed by atoms with van der Waals surface area (Å²) in [5.74, 6) is 1.15. The number of nitrogens with zero attached hydrogens (tertiary/aromatic N) is 3.